The molecule has 0 radical (unpaired) electrons. The van der Waals surface area contributed by atoms with Crippen molar-refractivity contribution in [1.82, 2.24) is 0 Å². The van der Waals surface area contributed by atoms with Gasteiger partial charge in [-0.05, 0) is 126 Å². The Morgan fingerprint density at radius 2 is 0.467 bits per heavy atom. The number of rotatable bonds is 6. The third kappa shape index (κ3) is 7.81. The second-order valence-corrected chi connectivity index (χ2v) is 20.8. The first-order valence-corrected chi connectivity index (χ1v) is 21.7. The quantitative estimate of drug-likeness (QED) is 0.155. The Hall–Kier alpha value is -5.86. The van der Waals surface area contributed by atoms with Crippen LogP contribution in [0, 0.1) is 0 Å². The second kappa shape index (κ2) is 15.0. The molecule has 0 aromatic heterocycles. The predicted octanol–water partition coefficient (Wildman–Crippen LogP) is 17.3. The highest BCUT2D eigenvalue weighted by molar-refractivity contribution is 6.24. The standard InChI is InChI=1S/C58H62N2/c1-55(2,3)39-21-29-43(30-22-39)59(44-31-23-40(24-32-44)56(4,5)6)53-37-51-48-18-14-16-20-50(48)54(38-52(51)47-17-13-15-19-49(47)53)60(45-33-25-41(26-34-45)57(7,8)9)46-35-27-42(28-36-46)58(10,11)12/h13-38H,1-12H3. The third-order valence-corrected chi connectivity index (χ3v) is 12.3. The molecule has 60 heavy (non-hydrogen) atoms. The van der Waals surface area contributed by atoms with Gasteiger partial charge in [0.1, 0.15) is 0 Å². The lowest BCUT2D eigenvalue weighted by Crippen LogP contribution is -2.15. The molecule has 0 fully saturated rings. The van der Waals surface area contributed by atoms with Gasteiger partial charge in [0.25, 0.3) is 0 Å². The van der Waals surface area contributed by atoms with E-state index in [-0.39, 0.29) is 21.7 Å². The van der Waals surface area contributed by atoms with Crippen LogP contribution in [0.2, 0.25) is 0 Å². The SMILES string of the molecule is CC(C)(C)c1ccc(N(c2ccc(C(C)(C)C)cc2)c2cc3c4ccccc4c(N(c4ccc(C(C)(C)C)cc4)c4ccc(C(C)(C)C)cc4)cc3c3ccccc23)cc1. The summed E-state index contributed by atoms with van der Waals surface area (Å²) in [6.45, 7) is 27.4. The van der Waals surface area contributed by atoms with Gasteiger partial charge >= 0.3 is 0 Å². The Morgan fingerprint density at radius 3 is 0.683 bits per heavy atom. The molecule has 8 aromatic carbocycles. The molecule has 0 saturated heterocycles. The van der Waals surface area contributed by atoms with Gasteiger partial charge < -0.3 is 9.80 Å². The fraction of sp³-hybridized carbons (Fsp3) is 0.276. The minimum absolute atomic E-state index is 0.0567. The summed E-state index contributed by atoms with van der Waals surface area (Å²) in [5, 5.41) is 7.34. The molecule has 2 nitrogen and oxygen atoms in total. The van der Waals surface area contributed by atoms with Crippen molar-refractivity contribution >= 4 is 66.4 Å². The van der Waals surface area contributed by atoms with Crippen molar-refractivity contribution in [2.24, 2.45) is 0 Å². The van der Waals surface area contributed by atoms with E-state index in [1.54, 1.807) is 0 Å². The summed E-state index contributed by atoms with van der Waals surface area (Å²) in [4.78, 5) is 4.92. The third-order valence-electron chi connectivity index (χ3n) is 12.3. The van der Waals surface area contributed by atoms with E-state index in [1.807, 2.05) is 0 Å². The topological polar surface area (TPSA) is 6.48 Å². The number of fused-ring (bicyclic) bond motifs is 5. The first kappa shape index (κ1) is 40.9. The first-order chi connectivity index (χ1) is 28.3. The molecular weight excluding hydrogens is 725 g/mol. The van der Waals surface area contributed by atoms with E-state index in [2.05, 4.69) is 251 Å². The zero-order chi connectivity index (χ0) is 42.8. The van der Waals surface area contributed by atoms with Crippen molar-refractivity contribution in [1.29, 1.82) is 0 Å². The molecule has 304 valence electrons. The molecule has 0 spiro atoms. The Morgan fingerprint density at radius 1 is 0.250 bits per heavy atom. The molecule has 0 aliphatic rings. The fourth-order valence-electron chi connectivity index (χ4n) is 8.58. The van der Waals surface area contributed by atoms with Gasteiger partial charge in [0.2, 0.25) is 0 Å². The molecule has 0 saturated carbocycles. The van der Waals surface area contributed by atoms with E-state index in [0.717, 1.165) is 34.1 Å². The van der Waals surface area contributed by atoms with Crippen LogP contribution in [0.3, 0.4) is 0 Å². The smallest absolute Gasteiger partial charge is 0.0546 e. The van der Waals surface area contributed by atoms with Gasteiger partial charge in [0, 0.05) is 33.5 Å². The lowest BCUT2D eigenvalue weighted by Gasteiger charge is -2.31. The summed E-state index contributed by atoms with van der Waals surface area (Å²) >= 11 is 0. The van der Waals surface area contributed by atoms with Crippen LogP contribution < -0.4 is 9.80 Å². The highest BCUT2D eigenvalue weighted by Crippen LogP contribution is 2.48. The van der Waals surface area contributed by atoms with E-state index >= 15 is 0 Å². The molecule has 0 atom stereocenters. The van der Waals surface area contributed by atoms with Crippen molar-refractivity contribution in [2.45, 2.75) is 105 Å². The summed E-state index contributed by atoms with van der Waals surface area (Å²) in [5.74, 6) is 0. The molecule has 0 bridgehead atoms. The van der Waals surface area contributed by atoms with Gasteiger partial charge in [-0.3, -0.25) is 0 Å². The number of nitrogens with zero attached hydrogens (tertiary/aromatic N) is 2. The largest absolute Gasteiger partial charge is 0.310 e. The maximum Gasteiger partial charge on any atom is 0.0546 e. The van der Waals surface area contributed by atoms with Crippen LogP contribution in [0.4, 0.5) is 34.1 Å². The highest BCUT2D eigenvalue weighted by atomic mass is 15.2. The predicted molar refractivity (Wildman–Crippen MR) is 263 cm³/mol. The van der Waals surface area contributed by atoms with Crippen LogP contribution in [0.15, 0.2) is 158 Å². The molecule has 8 rings (SSSR count). The van der Waals surface area contributed by atoms with Crippen molar-refractivity contribution in [3.8, 4) is 0 Å². The Balaban J connectivity index is 1.41. The average molecular weight is 787 g/mol. The fourth-order valence-corrected chi connectivity index (χ4v) is 8.58. The van der Waals surface area contributed by atoms with E-state index < -0.39 is 0 Å². The maximum absolute atomic E-state index is 2.46. The van der Waals surface area contributed by atoms with Gasteiger partial charge in [-0.15, -0.1) is 0 Å². The van der Waals surface area contributed by atoms with E-state index in [0.29, 0.717) is 0 Å². The summed E-state index contributed by atoms with van der Waals surface area (Å²) in [6.07, 6.45) is 0. The summed E-state index contributed by atoms with van der Waals surface area (Å²) in [6, 6.07) is 59.6. The van der Waals surface area contributed by atoms with Crippen molar-refractivity contribution in [3.05, 3.63) is 180 Å². The second-order valence-electron chi connectivity index (χ2n) is 20.8. The van der Waals surface area contributed by atoms with E-state index in [1.165, 1.54) is 54.6 Å². The highest BCUT2D eigenvalue weighted by Gasteiger charge is 2.25. The van der Waals surface area contributed by atoms with Crippen LogP contribution in [0.5, 0.6) is 0 Å². The van der Waals surface area contributed by atoms with Crippen molar-refractivity contribution in [2.75, 3.05) is 9.80 Å². The van der Waals surface area contributed by atoms with Crippen LogP contribution in [0.25, 0.3) is 32.3 Å². The molecule has 0 amide bonds. The van der Waals surface area contributed by atoms with Gasteiger partial charge in [0.15, 0.2) is 0 Å². The zero-order valence-corrected chi connectivity index (χ0v) is 37.9. The lowest BCUT2D eigenvalue weighted by atomic mass is 9.86. The Kier molecular flexibility index (Phi) is 10.2. The van der Waals surface area contributed by atoms with Crippen LogP contribution in [-0.4, -0.2) is 0 Å². The molecular formula is C58H62N2. The summed E-state index contributed by atoms with van der Waals surface area (Å²) < 4.78 is 0. The number of hydrogen-bond donors (Lipinski definition) is 0. The van der Waals surface area contributed by atoms with Crippen molar-refractivity contribution < 1.29 is 0 Å². The van der Waals surface area contributed by atoms with Crippen molar-refractivity contribution in [3.63, 3.8) is 0 Å². The van der Waals surface area contributed by atoms with E-state index in [9.17, 15) is 0 Å². The average Bonchev–Trinajstić information content (AvgIpc) is 3.21. The molecule has 0 N–H and O–H groups in total. The minimum atomic E-state index is 0.0567. The number of benzene rings is 8. The Bertz CT molecular complexity index is 2480. The van der Waals surface area contributed by atoms with Gasteiger partial charge in [-0.25, -0.2) is 0 Å². The zero-order valence-electron chi connectivity index (χ0n) is 37.9. The summed E-state index contributed by atoms with van der Waals surface area (Å²) in [5.41, 5.74) is 12.4. The minimum Gasteiger partial charge on any atom is -0.310 e. The Labute approximate surface area is 359 Å². The molecule has 0 aliphatic carbocycles. The van der Waals surface area contributed by atoms with Crippen LogP contribution >= 0.6 is 0 Å². The number of hydrogen-bond acceptors (Lipinski definition) is 2. The number of anilines is 6. The molecule has 2 heteroatoms. The molecule has 0 unspecified atom stereocenters. The normalized spacial score (nSPS) is 12.7. The van der Waals surface area contributed by atoms with Gasteiger partial charge in [0.05, 0.1) is 11.4 Å². The van der Waals surface area contributed by atoms with Crippen LogP contribution in [0.1, 0.15) is 105 Å². The molecule has 8 aromatic rings. The first-order valence-electron chi connectivity index (χ1n) is 21.7. The summed E-state index contributed by atoms with van der Waals surface area (Å²) in [7, 11) is 0. The van der Waals surface area contributed by atoms with E-state index in [4.69, 9.17) is 0 Å². The monoisotopic (exact) mass is 786 g/mol. The molecule has 0 heterocycles. The van der Waals surface area contributed by atoms with Gasteiger partial charge in [-0.1, -0.05) is 180 Å². The van der Waals surface area contributed by atoms with Gasteiger partial charge in [-0.2, -0.15) is 0 Å². The maximum atomic E-state index is 2.46. The van der Waals surface area contributed by atoms with Crippen LogP contribution in [-0.2, 0) is 21.7 Å². The molecule has 0 aliphatic heterocycles. The lowest BCUT2D eigenvalue weighted by molar-refractivity contribution is 0.590.